The number of aromatic hydroxyl groups is 1. The van der Waals surface area contributed by atoms with Crippen molar-refractivity contribution in [2.45, 2.75) is 122 Å². The predicted octanol–water partition coefficient (Wildman–Crippen LogP) is 15.5. The summed E-state index contributed by atoms with van der Waals surface area (Å²) in [4.78, 5) is 11.3. The summed E-state index contributed by atoms with van der Waals surface area (Å²) >= 11 is -2.48. The van der Waals surface area contributed by atoms with Gasteiger partial charge in [-0.25, -0.2) is 0 Å². The fraction of sp³-hybridized carbons (Fsp3) is 0.322. The van der Waals surface area contributed by atoms with E-state index in [1.807, 2.05) is 0 Å². The number of fused-ring (bicyclic) bond motifs is 2. The number of imidazole rings is 1. The number of phenolic OH excluding ortho intramolecular Hbond substituents is 1. The van der Waals surface area contributed by atoms with Crippen molar-refractivity contribution in [1.29, 1.82) is 0 Å². The average Bonchev–Trinajstić information content (AvgIpc) is 3.61. The van der Waals surface area contributed by atoms with Crippen LogP contribution in [-0.4, -0.2) is 32.9 Å². The molecule has 0 saturated heterocycles. The Hall–Kier alpha value is -4.77. The van der Waals surface area contributed by atoms with Crippen molar-refractivity contribution in [3.05, 3.63) is 150 Å². The summed E-state index contributed by atoms with van der Waals surface area (Å²) in [5.74, 6) is 8.30. The molecule has 0 atom stereocenters. The van der Waals surface area contributed by atoms with Gasteiger partial charge in [0.25, 0.3) is 0 Å². The van der Waals surface area contributed by atoms with Gasteiger partial charge in [-0.05, 0) is 0 Å². The van der Waals surface area contributed by atoms with E-state index in [1.54, 1.807) is 0 Å². The van der Waals surface area contributed by atoms with Gasteiger partial charge in [0, 0.05) is 21.1 Å². The van der Waals surface area contributed by atoms with Crippen LogP contribution in [0, 0.1) is 6.07 Å². The minimum Gasteiger partial charge on any atom is 0 e. The Labute approximate surface area is 405 Å². The van der Waals surface area contributed by atoms with Gasteiger partial charge >= 0.3 is 360 Å². The second-order valence-electron chi connectivity index (χ2n) is 23.0. The average molecular weight is 1100 g/mol. The topological polar surface area (TPSA) is 50.9 Å². The van der Waals surface area contributed by atoms with E-state index in [0.29, 0.717) is 11.4 Å². The van der Waals surface area contributed by atoms with Crippen LogP contribution >= 0.6 is 0 Å². The quantitative estimate of drug-likeness (QED) is 0.133. The third kappa shape index (κ3) is 9.46. The standard InChI is InChI=1S/C59H66GeN3O.Pt/c1-56(2,3)40-28-29-51(45(32-40)37-22-17-16-18-23-37)63-52-27-21-26-44(53(52)62-55(63)46-33-41(57(4,5)6)34-48(54(46)64)59(10,11)12)50-36-42(60(13,14)15)35-49(61-50)39-30-38-24-19-20-25-43(38)47(31-39)58(7,8)9;/h16-29,31-36,64H,1-15H3;/q-1;. The van der Waals surface area contributed by atoms with Gasteiger partial charge in [-0.1, -0.05) is 26.8 Å². The molecule has 6 heteroatoms. The molecule has 0 aliphatic rings. The van der Waals surface area contributed by atoms with Gasteiger partial charge in [0.2, 0.25) is 0 Å². The number of pyridine rings is 1. The Morgan fingerprint density at radius 1 is 0.538 bits per heavy atom. The van der Waals surface area contributed by atoms with E-state index in [4.69, 9.17) is 9.97 Å². The number of rotatable bonds is 6. The van der Waals surface area contributed by atoms with Crippen molar-refractivity contribution in [2.75, 3.05) is 0 Å². The van der Waals surface area contributed by atoms with Gasteiger partial charge < -0.3 is 0 Å². The molecule has 8 aromatic rings. The number of aromatic nitrogens is 3. The van der Waals surface area contributed by atoms with E-state index in [0.717, 1.165) is 66.9 Å². The van der Waals surface area contributed by atoms with Crippen LogP contribution in [0.4, 0.5) is 0 Å². The first-order chi connectivity index (χ1) is 29.8. The number of benzene rings is 6. The molecule has 6 aromatic carbocycles. The zero-order valence-electron chi connectivity index (χ0n) is 41.2. The molecular formula is C59H66GeN3OPt-. The van der Waals surface area contributed by atoms with Crippen molar-refractivity contribution in [2.24, 2.45) is 0 Å². The first-order valence-corrected chi connectivity index (χ1v) is 30.2. The summed E-state index contributed by atoms with van der Waals surface area (Å²) in [5, 5.41) is 14.9. The SMILES string of the molecule is CC(C)(C)c1ccc(-n2c(-c3cc(C(C)(C)C)cc(C(C)(C)C)c3O)nc3c(-c4c[c]([Ge]([CH3])([CH3])[CH3])cc(-c5[c-]c6ccccc6c(C(C)(C)C)c5)n4)cccc32)c(-c2ccccc2)c1.[Pt]. The number of hydrogen-bond acceptors (Lipinski definition) is 3. The minimum atomic E-state index is -2.48. The maximum atomic E-state index is 12.6. The Morgan fingerprint density at radius 3 is 1.78 bits per heavy atom. The summed E-state index contributed by atoms with van der Waals surface area (Å²) in [6.45, 7) is 26.9. The van der Waals surface area contributed by atoms with Crippen LogP contribution < -0.4 is 4.40 Å². The number of para-hydroxylation sites is 1. The van der Waals surface area contributed by atoms with Gasteiger partial charge in [0.15, 0.2) is 0 Å². The first-order valence-electron chi connectivity index (χ1n) is 22.9. The van der Waals surface area contributed by atoms with E-state index >= 15 is 0 Å². The molecule has 0 unspecified atom stereocenters. The third-order valence-electron chi connectivity index (χ3n) is 12.7. The molecule has 2 heterocycles. The molecule has 0 spiro atoms. The van der Waals surface area contributed by atoms with Crippen LogP contribution in [0.3, 0.4) is 0 Å². The second kappa shape index (κ2) is 17.1. The Balaban J connectivity index is 0.00000630. The molecule has 0 radical (unpaired) electrons. The maximum Gasteiger partial charge on any atom is 0 e. The van der Waals surface area contributed by atoms with Crippen molar-refractivity contribution in [3.8, 4) is 56.5 Å². The summed E-state index contributed by atoms with van der Waals surface area (Å²) < 4.78 is 3.66. The molecule has 0 amide bonds. The Kier molecular flexibility index (Phi) is 12.7. The molecule has 0 aliphatic heterocycles. The molecule has 0 saturated carbocycles. The van der Waals surface area contributed by atoms with Gasteiger partial charge in [-0.3, -0.25) is 0 Å². The monoisotopic (exact) mass is 1100 g/mol. The molecule has 8 rings (SSSR count). The maximum absolute atomic E-state index is 12.6. The molecule has 338 valence electrons. The fourth-order valence-corrected chi connectivity index (χ4v) is 11.2. The van der Waals surface area contributed by atoms with E-state index in [2.05, 4.69) is 232 Å². The summed E-state index contributed by atoms with van der Waals surface area (Å²) in [6.07, 6.45) is 0. The van der Waals surface area contributed by atoms with Crippen LogP contribution in [0.15, 0.2) is 121 Å². The molecule has 0 aliphatic carbocycles. The van der Waals surface area contributed by atoms with Crippen molar-refractivity contribution < 1.29 is 26.2 Å². The molecule has 1 N–H and O–H groups in total. The second-order valence-corrected chi connectivity index (χ2v) is 33.6. The van der Waals surface area contributed by atoms with Crippen LogP contribution in [-0.2, 0) is 42.7 Å². The first kappa shape index (κ1) is 48.2. The van der Waals surface area contributed by atoms with Crippen molar-refractivity contribution in [1.82, 2.24) is 14.5 Å². The molecule has 4 nitrogen and oxygen atoms in total. The largest absolute Gasteiger partial charge is 0 e. The van der Waals surface area contributed by atoms with Gasteiger partial charge in [0.05, 0.1) is 0 Å². The van der Waals surface area contributed by atoms with Gasteiger partial charge in [-0.2, -0.15) is 0 Å². The number of phenols is 1. The van der Waals surface area contributed by atoms with Crippen LogP contribution in [0.25, 0.3) is 72.5 Å². The molecule has 0 fully saturated rings. The van der Waals surface area contributed by atoms with Crippen molar-refractivity contribution in [3.63, 3.8) is 0 Å². The van der Waals surface area contributed by atoms with Crippen LogP contribution in [0.2, 0.25) is 17.3 Å². The number of nitrogens with zero attached hydrogens (tertiary/aromatic N) is 3. The van der Waals surface area contributed by atoms with Crippen LogP contribution in [0.5, 0.6) is 5.75 Å². The summed E-state index contributed by atoms with van der Waals surface area (Å²) in [6, 6.07) is 47.7. The zero-order chi connectivity index (χ0) is 46.3. The zero-order valence-corrected chi connectivity index (χ0v) is 45.5. The molecular weight excluding hydrogens is 1030 g/mol. The smallest absolute Gasteiger partial charge is 0 e. The van der Waals surface area contributed by atoms with Crippen molar-refractivity contribution >= 4 is 39.5 Å². The minimum absolute atomic E-state index is 0. The number of hydrogen-bond donors (Lipinski definition) is 1. The molecule has 0 bridgehead atoms. The molecule has 2 aromatic heterocycles. The van der Waals surface area contributed by atoms with Gasteiger partial charge in [-0.15, -0.1) is 0 Å². The molecule has 65 heavy (non-hydrogen) atoms. The van der Waals surface area contributed by atoms with E-state index < -0.39 is 13.3 Å². The van der Waals surface area contributed by atoms with E-state index in [9.17, 15) is 5.11 Å². The summed E-state index contributed by atoms with van der Waals surface area (Å²) in [5.41, 5.74) is 13.4. The van der Waals surface area contributed by atoms with E-state index in [1.165, 1.54) is 20.9 Å². The predicted molar refractivity (Wildman–Crippen MR) is 276 cm³/mol. The van der Waals surface area contributed by atoms with Gasteiger partial charge in [0.1, 0.15) is 0 Å². The third-order valence-corrected chi connectivity index (χ3v) is 17.0. The Bertz CT molecular complexity index is 3070. The van der Waals surface area contributed by atoms with E-state index in [-0.39, 0.29) is 48.5 Å². The summed E-state index contributed by atoms with van der Waals surface area (Å²) in [7, 11) is 0. The normalized spacial score (nSPS) is 12.8. The Morgan fingerprint density at radius 2 is 1.15 bits per heavy atom. The van der Waals surface area contributed by atoms with Crippen LogP contribution in [0.1, 0.15) is 105 Å². The fourth-order valence-electron chi connectivity index (χ4n) is 8.81.